The fourth-order valence-corrected chi connectivity index (χ4v) is 2.75. The Hall–Kier alpha value is -3.61. The van der Waals surface area contributed by atoms with Crippen molar-refractivity contribution in [3.63, 3.8) is 0 Å². The summed E-state index contributed by atoms with van der Waals surface area (Å²) in [5.41, 5.74) is 1.32. The number of benzene rings is 2. The number of hydrogen-bond donors (Lipinski definition) is 1. The maximum atomic E-state index is 13.8. The third kappa shape index (κ3) is 3.15. The Morgan fingerprint density at radius 1 is 1.07 bits per heavy atom. The van der Waals surface area contributed by atoms with Crippen molar-refractivity contribution in [2.24, 2.45) is 0 Å². The van der Waals surface area contributed by atoms with Crippen molar-refractivity contribution in [1.29, 1.82) is 0 Å². The van der Waals surface area contributed by atoms with Crippen molar-refractivity contribution in [2.75, 3.05) is 0 Å². The van der Waals surface area contributed by atoms with Crippen molar-refractivity contribution >= 4 is 16.9 Å². The van der Waals surface area contributed by atoms with Gasteiger partial charge in [0.05, 0.1) is 11.6 Å². The number of furan rings is 2. The number of rotatable bonds is 5. The third-order valence-corrected chi connectivity index (χ3v) is 4.05. The summed E-state index contributed by atoms with van der Waals surface area (Å²) < 4.78 is 43.6. The van der Waals surface area contributed by atoms with Gasteiger partial charge in [0.25, 0.3) is 0 Å². The van der Waals surface area contributed by atoms with Crippen LogP contribution >= 0.6 is 0 Å². The van der Waals surface area contributed by atoms with Gasteiger partial charge < -0.3 is 18.7 Å². The lowest BCUT2D eigenvalue weighted by molar-refractivity contribution is 0.0658. The highest BCUT2D eigenvalue weighted by molar-refractivity contribution is 5.93. The molecule has 0 saturated heterocycles. The predicted molar refractivity (Wildman–Crippen MR) is 91.6 cm³/mol. The van der Waals surface area contributed by atoms with Gasteiger partial charge in [-0.25, -0.2) is 13.6 Å². The van der Waals surface area contributed by atoms with Crippen LogP contribution in [0, 0.1) is 11.6 Å². The van der Waals surface area contributed by atoms with Gasteiger partial charge >= 0.3 is 5.97 Å². The number of carboxylic acid groups (broad SMARTS) is 1. The molecule has 136 valence electrons. The molecule has 2 aromatic carbocycles. The van der Waals surface area contributed by atoms with Gasteiger partial charge in [-0.3, -0.25) is 0 Å². The average Bonchev–Trinajstić information content (AvgIpc) is 3.33. The summed E-state index contributed by atoms with van der Waals surface area (Å²) in [5, 5.41) is 8.91. The molecule has 0 saturated carbocycles. The Bertz CT molecular complexity index is 1130. The summed E-state index contributed by atoms with van der Waals surface area (Å²) >= 11 is 0. The van der Waals surface area contributed by atoms with E-state index in [9.17, 15) is 13.6 Å². The van der Waals surface area contributed by atoms with Crippen molar-refractivity contribution in [1.82, 2.24) is 0 Å². The Morgan fingerprint density at radius 2 is 1.85 bits per heavy atom. The van der Waals surface area contributed by atoms with E-state index in [2.05, 4.69) is 0 Å². The van der Waals surface area contributed by atoms with Crippen LogP contribution < -0.4 is 4.74 Å². The predicted octanol–water partition coefficient (Wildman–Crippen LogP) is 5.25. The second-order valence-electron chi connectivity index (χ2n) is 5.77. The molecule has 0 spiro atoms. The number of hydrogen-bond acceptors (Lipinski definition) is 4. The third-order valence-electron chi connectivity index (χ3n) is 4.05. The Kier molecular flexibility index (Phi) is 4.12. The van der Waals surface area contributed by atoms with E-state index in [0.29, 0.717) is 22.6 Å². The van der Waals surface area contributed by atoms with Gasteiger partial charge in [-0.15, -0.1) is 0 Å². The highest BCUT2D eigenvalue weighted by atomic mass is 19.2. The molecule has 0 bridgehead atoms. The Labute approximate surface area is 151 Å². The fourth-order valence-electron chi connectivity index (χ4n) is 2.75. The highest BCUT2D eigenvalue weighted by Crippen LogP contribution is 2.33. The molecule has 4 rings (SSSR count). The summed E-state index contributed by atoms with van der Waals surface area (Å²) in [6.07, 6.45) is 1.31. The lowest BCUT2D eigenvalue weighted by Gasteiger charge is -2.07. The van der Waals surface area contributed by atoms with Crippen LogP contribution in [0.2, 0.25) is 0 Å². The quantitative estimate of drug-likeness (QED) is 0.520. The minimum Gasteiger partial charge on any atom is -0.486 e. The second kappa shape index (κ2) is 6.60. The molecular weight excluding hydrogens is 358 g/mol. The number of carbonyl (C=O) groups is 1. The first kappa shape index (κ1) is 16.8. The average molecular weight is 370 g/mol. The van der Waals surface area contributed by atoms with Crippen LogP contribution in [0.4, 0.5) is 8.78 Å². The number of aromatic carboxylic acids is 1. The van der Waals surface area contributed by atoms with Crippen molar-refractivity contribution in [3.8, 4) is 16.9 Å². The van der Waals surface area contributed by atoms with E-state index in [0.717, 1.165) is 6.07 Å². The lowest BCUT2D eigenvalue weighted by atomic mass is 10.0. The molecule has 0 amide bonds. The first-order chi connectivity index (χ1) is 13.0. The monoisotopic (exact) mass is 370 g/mol. The van der Waals surface area contributed by atoms with Crippen LogP contribution in [0.25, 0.3) is 22.1 Å². The zero-order valence-electron chi connectivity index (χ0n) is 13.7. The molecule has 0 unspecified atom stereocenters. The van der Waals surface area contributed by atoms with Crippen molar-refractivity contribution < 1.29 is 32.3 Å². The number of halogens is 2. The summed E-state index contributed by atoms with van der Waals surface area (Å²) in [4.78, 5) is 10.8. The van der Waals surface area contributed by atoms with Crippen LogP contribution in [0.15, 0.2) is 63.6 Å². The molecule has 0 fully saturated rings. The van der Waals surface area contributed by atoms with Crippen LogP contribution in [0.5, 0.6) is 5.75 Å². The normalized spacial score (nSPS) is 11.0. The first-order valence-electron chi connectivity index (χ1n) is 7.93. The maximum absolute atomic E-state index is 13.8. The zero-order chi connectivity index (χ0) is 19.0. The van der Waals surface area contributed by atoms with E-state index < -0.39 is 17.6 Å². The molecule has 7 heteroatoms. The molecule has 1 N–H and O–H groups in total. The van der Waals surface area contributed by atoms with Gasteiger partial charge in [-0.1, -0.05) is 12.1 Å². The van der Waals surface area contributed by atoms with Crippen LogP contribution in [-0.4, -0.2) is 11.1 Å². The molecule has 2 aromatic heterocycles. The highest BCUT2D eigenvalue weighted by Gasteiger charge is 2.16. The number of ether oxygens (including phenoxy) is 1. The van der Waals surface area contributed by atoms with Gasteiger partial charge in [0.15, 0.2) is 11.6 Å². The first-order valence-corrected chi connectivity index (χ1v) is 7.93. The van der Waals surface area contributed by atoms with Gasteiger partial charge in [0.2, 0.25) is 5.76 Å². The van der Waals surface area contributed by atoms with E-state index in [1.807, 2.05) is 0 Å². The van der Waals surface area contributed by atoms with E-state index >= 15 is 0 Å². The van der Waals surface area contributed by atoms with Gasteiger partial charge in [0.1, 0.15) is 23.7 Å². The summed E-state index contributed by atoms with van der Waals surface area (Å²) in [6, 6.07) is 12.0. The minimum atomic E-state index is -1.15. The molecule has 0 aliphatic rings. The van der Waals surface area contributed by atoms with Gasteiger partial charge in [-0.05, 0) is 42.0 Å². The molecule has 0 aliphatic carbocycles. The molecule has 4 aromatic rings. The largest absolute Gasteiger partial charge is 0.486 e. The molecule has 0 atom stereocenters. The Balaban J connectivity index is 1.55. The van der Waals surface area contributed by atoms with E-state index in [-0.39, 0.29) is 23.3 Å². The topological polar surface area (TPSA) is 72.8 Å². The van der Waals surface area contributed by atoms with E-state index in [1.165, 1.54) is 24.5 Å². The number of carboxylic acids is 1. The molecule has 2 heterocycles. The summed E-state index contributed by atoms with van der Waals surface area (Å²) in [5.74, 6) is -2.33. The molecular formula is C20H12F2O5. The number of fused-ring (bicyclic) bond motifs is 1. The SMILES string of the molecule is O=C(O)c1ccc(COc2ccc(-c3cc(F)c(F)c4ccoc34)cc2)o1. The molecule has 5 nitrogen and oxygen atoms in total. The smallest absolute Gasteiger partial charge is 0.371 e. The van der Waals surface area contributed by atoms with Crippen LogP contribution in [0.1, 0.15) is 16.3 Å². The standard InChI is InChI=1S/C20H12F2O5/c21-16-9-15(19-14(18(16)22)7-8-25-19)11-1-3-12(4-2-11)26-10-13-5-6-17(27-13)20(23)24/h1-9H,10H2,(H,23,24). The Morgan fingerprint density at radius 3 is 2.56 bits per heavy atom. The van der Waals surface area contributed by atoms with E-state index in [4.69, 9.17) is 18.7 Å². The van der Waals surface area contributed by atoms with Gasteiger partial charge in [0, 0.05) is 5.56 Å². The summed E-state index contributed by atoms with van der Waals surface area (Å²) in [6.45, 7) is 0.0558. The van der Waals surface area contributed by atoms with Crippen LogP contribution in [0.3, 0.4) is 0 Å². The maximum Gasteiger partial charge on any atom is 0.371 e. The molecule has 0 radical (unpaired) electrons. The van der Waals surface area contributed by atoms with Gasteiger partial charge in [-0.2, -0.15) is 0 Å². The minimum absolute atomic E-state index is 0.0558. The zero-order valence-corrected chi connectivity index (χ0v) is 13.7. The molecule has 0 aliphatic heterocycles. The second-order valence-corrected chi connectivity index (χ2v) is 5.77. The van der Waals surface area contributed by atoms with Crippen LogP contribution in [-0.2, 0) is 6.61 Å². The molecule has 27 heavy (non-hydrogen) atoms. The van der Waals surface area contributed by atoms with Crippen molar-refractivity contribution in [3.05, 3.63) is 77.9 Å². The fraction of sp³-hybridized carbons (Fsp3) is 0.0500. The van der Waals surface area contributed by atoms with Crippen molar-refractivity contribution in [2.45, 2.75) is 6.61 Å². The summed E-state index contributed by atoms with van der Waals surface area (Å²) in [7, 11) is 0. The van der Waals surface area contributed by atoms with E-state index in [1.54, 1.807) is 24.3 Å². The lowest BCUT2D eigenvalue weighted by Crippen LogP contribution is -1.95.